The molecule has 1 aromatic carbocycles. The number of aliphatic hydroxyl groups is 2. The van der Waals surface area contributed by atoms with Gasteiger partial charge in [-0.25, -0.2) is 4.79 Å². The molecule has 1 aliphatic carbocycles. The summed E-state index contributed by atoms with van der Waals surface area (Å²) in [5.41, 5.74) is 0.966. The van der Waals surface area contributed by atoms with E-state index in [0.717, 1.165) is 18.7 Å². The molecule has 0 aromatic heterocycles. The van der Waals surface area contributed by atoms with E-state index in [1.165, 1.54) is 0 Å². The van der Waals surface area contributed by atoms with Crippen molar-refractivity contribution in [2.75, 3.05) is 19.7 Å². The minimum absolute atomic E-state index is 0.347. The third-order valence-electron chi connectivity index (χ3n) is 4.90. The van der Waals surface area contributed by atoms with Crippen LogP contribution in [0.4, 0.5) is 0 Å². The van der Waals surface area contributed by atoms with Gasteiger partial charge in [-0.15, -0.1) is 0 Å². The molecule has 6 nitrogen and oxygen atoms in total. The van der Waals surface area contributed by atoms with Crippen LogP contribution in [-0.2, 0) is 11.3 Å². The fourth-order valence-corrected chi connectivity index (χ4v) is 3.79. The number of aliphatic hydroxyl groups excluding tert-OH is 2. The standard InChI is InChI=1S/C17H23NO5/c19-14-5-12-8-18(9-13(12)6-15(14)20)7-11-3-1-2-4-16(11)23-10-17(21)22/h1-4,12-15,19-20H,5-10H2,(H,21,22). The third kappa shape index (κ3) is 3.83. The summed E-state index contributed by atoms with van der Waals surface area (Å²) in [6.07, 6.45) is 0.0867. The highest BCUT2D eigenvalue weighted by Crippen LogP contribution is 2.37. The molecule has 3 N–H and O–H groups in total. The van der Waals surface area contributed by atoms with Crippen LogP contribution in [-0.4, -0.2) is 58.1 Å². The highest BCUT2D eigenvalue weighted by molar-refractivity contribution is 5.68. The number of carbonyl (C=O) groups is 1. The van der Waals surface area contributed by atoms with Crippen LogP contribution in [0.5, 0.6) is 5.75 Å². The van der Waals surface area contributed by atoms with Gasteiger partial charge in [0.05, 0.1) is 12.2 Å². The number of hydrogen-bond donors (Lipinski definition) is 3. The van der Waals surface area contributed by atoms with Crippen LogP contribution in [0, 0.1) is 11.8 Å². The second-order valence-electron chi connectivity index (χ2n) is 6.61. The molecule has 1 heterocycles. The summed E-state index contributed by atoms with van der Waals surface area (Å²) in [4.78, 5) is 13.0. The van der Waals surface area contributed by atoms with Crippen molar-refractivity contribution >= 4 is 5.97 Å². The lowest BCUT2D eigenvalue weighted by molar-refractivity contribution is -0.139. The lowest BCUT2D eigenvalue weighted by Crippen LogP contribution is -2.38. The van der Waals surface area contributed by atoms with Crippen molar-refractivity contribution in [1.29, 1.82) is 0 Å². The van der Waals surface area contributed by atoms with Crippen LogP contribution in [0.2, 0.25) is 0 Å². The van der Waals surface area contributed by atoms with Crippen LogP contribution < -0.4 is 4.74 Å². The largest absolute Gasteiger partial charge is 0.482 e. The summed E-state index contributed by atoms with van der Waals surface area (Å²) < 4.78 is 5.36. The first-order chi connectivity index (χ1) is 11.0. The van der Waals surface area contributed by atoms with E-state index in [0.29, 0.717) is 37.0 Å². The maximum absolute atomic E-state index is 10.7. The van der Waals surface area contributed by atoms with Crippen LogP contribution >= 0.6 is 0 Å². The van der Waals surface area contributed by atoms with E-state index in [1.54, 1.807) is 6.07 Å². The normalized spacial score (nSPS) is 30.9. The zero-order valence-electron chi connectivity index (χ0n) is 13.0. The average molecular weight is 321 g/mol. The smallest absolute Gasteiger partial charge is 0.341 e. The van der Waals surface area contributed by atoms with E-state index in [2.05, 4.69) is 4.90 Å². The maximum Gasteiger partial charge on any atom is 0.341 e. The number of ether oxygens (including phenoxy) is 1. The van der Waals surface area contributed by atoms with E-state index >= 15 is 0 Å². The summed E-state index contributed by atoms with van der Waals surface area (Å²) in [6.45, 7) is 2.12. The first-order valence-corrected chi connectivity index (χ1v) is 8.04. The average Bonchev–Trinajstić information content (AvgIpc) is 2.88. The number of nitrogens with zero attached hydrogens (tertiary/aromatic N) is 1. The molecule has 2 aliphatic rings. The van der Waals surface area contributed by atoms with E-state index < -0.39 is 18.2 Å². The van der Waals surface area contributed by atoms with Crippen molar-refractivity contribution in [2.24, 2.45) is 11.8 Å². The number of para-hydroxylation sites is 1. The van der Waals surface area contributed by atoms with Crippen molar-refractivity contribution in [3.63, 3.8) is 0 Å². The molecule has 4 unspecified atom stereocenters. The van der Waals surface area contributed by atoms with Gasteiger partial charge >= 0.3 is 5.97 Å². The van der Waals surface area contributed by atoms with Crippen LogP contribution in [0.1, 0.15) is 18.4 Å². The Morgan fingerprint density at radius 1 is 1.13 bits per heavy atom. The molecule has 0 bridgehead atoms. The minimum Gasteiger partial charge on any atom is -0.482 e. The minimum atomic E-state index is -0.991. The van der Waals surface area contributed by atoms with Crippen molar-refractivity contribution < 1.29 is 24.9 Å². The van der Waals surface area contributed by atoms with Crippen molar-refractivity contribution in [3.05, 3.63) is 29.8 Å². The second-order valence-corrected chi connectivity index (χ2v) is 6.61. The number of fused-ring (bicyclic) bond motifs is 1. The van der Waals surface area contributed by atoms with Gasteiger partial charge in [0.15, 0.2) is 6.61 Å². The Kier molecular flexibility index (Phi) is 4.84. The van der Waals surface area contributed by atoms with E-state index in [1.807, 2.05) is 18.2 Å². The molecule has 3 rings (SSSR count). The fraction of sp³-hybridized carbons (Fsp3) is 0.588. The van der Waals surface area contributed by atoms with E-state index in [9.17, 15) is 15.0 Å². The molecule has 1 saturated carbocycles. The summed E-state index contributed by atoms with van der Waals surface area (Å²) in [6, 6.07) is 7.48. The summed E-state index contributed by atoms with van der Waals surface area (Å²) in [5, 5.41) is 28.4. The summed E-state index contributed by atoms with van der Waals surface area (Å²) >= 11 is 0. The molecule has 23 heavy (non-hydrogen) atoms. The first-order valence-electron chi connectivity index (χ1n) is 8.04. The lowest BCUT2D eigenvalue weighted by atomic mass is 9.79. The molecule has 0 spiro atoms. The Balaban J connectivity index is 1.63. The van der Waals surface area contributed by atoms with E-state index in [4.69, 9.17) is 9.84 Å². The van der Waals surface area contributed by atoms with Crippen molar-refractivity contribution in [2.45, 2.75) is 31.6 Å². The Morgan fingerprint density at radius 2 is 1.74 bits per heavy atom. The molecule has 1 saturated heterocycles. The summed E-state index contributed by atoms with van der Waals surface area (Å²) in [5.74, 6) is 0.445. The quantitative estimate of drug-likeness (QED) is 0.740. The Morgan fingerprint density at radius 3 is 2.35 bits per heavy atom. The molecule has 0 radical (unpaired) electrons. The maximum atomic E-state index is 10.7. The molecule has 1 aromatic rings. The van der Waals surface area contributed by atoms with Gasteiger partial charge in [-0.1, -0.05) is 18.2 Å². The Hall–Kier alpha value is -1.63. The van der Waals surface area contributed by atoms with Gasteiger partial charge in [0, 0.05) is 25.2 Å². The number of carboxylic acid groups (broad SMARTS) is 1. The Bertz CT molecular complexity index is 546. The summed E-state index contributed by atoms with van der Waals surface area (Å²) in [7, 11) is 0. The highest BCUT2D eigenvalue weighted by Gasteiger charge is 2.41. The SMILES string of the molecule is O=C(O)COc1ccccc1CN1CC2CC(O)C(O)CC2C1. The molecule has 6 heteroatoms. The predicted molar refractivity (Wildman–Crippen MR) is 83.1 cm³/mol. The van der Waals surface area contributed by atoms with Crippen molar-refractivity contribution in [3.8, 4) is 5.75 Å². The van der Waals surface area contributed by atoms with Gasteiger partial charge in [0.2, 0.25) is 0 Å². The van der Waals surface area contributed by atoms with Crippen LogP contribution in [0.25, 0.3) is 0 Å². The van der Waals surface area contributed by atoms with Gasteiger partial charge in [-0.2, -0.15) is 0 Å². The predicted octanol–water partition coefficient (Wildman–Crippen LogP) is 0.714. The second kappa shape index (κ2) is 6.86. The zero-order valence-corrected chi connectivity index (χ0v) is 13.0. The molecule has 2 fully saturated rings. The molecule has 4 atom stereocenters. The number of benzene rings is 1. The highest BCUT2D eigenvalue weighted by atomic mass is 16.5. The van der Waals surface area contributed by atoms with Crippen molar-refractivity contribution in [1.82, 2.24) is 4.90 Å². The Labute approximate surface area is 135 Å². The topological polar surface area (TPSA) is 90.2 Å². The molecular formula is C17H23NO5. The molecule has 1 aliphatic heterocycles. The van der Waals surface area contributed by atoms with Gasteiger partial charge < -0.3 is 20.1 Å². The van der Waals surface area contributed by atoms with Gasteiger partial charge in [0.25, 0.3) is 0 Å². The number of likely N-dealkylation sites (tertiary alicyclic amines) is 1. The van der Waals surface area contributed by atoms with Gasteiger partial charge in [0.1, 0.15) is 5.75 Å². The first kappa shape index (κ1) is 16.2. The third-order valence-corrected chi connectivity index (χ3v) is 4.90. The zero-order chi connectivity index (χ0) is 16.4. The van der Waals surface area contributed by atoms with Gasteiger partial charge in [-0.3, -0.25) is 4.90 Å². The molecular weight excluding hydrogens is 298 g/mol. The monoisotopic (exact) mass is 321 g/mol. The molecule has 0 amide bonds. The number of hydrogen-bond acceptors (Lipinski definition) is 5. The van der Waals surface area contributed by atoms with Crippen LogP contribution in [0.3, 0.4) is 0 Å². The number of rotatable bonds is 5. The van der Waals surface area contributed by atoms with E-state index in [-0.39, 0.29) is 6.61 Å². The lowest BCUT2D eigenvalue weighted by Gasteiger charge is -2.32. The number of aliphatic carboxylic acids is 1. The number of carboxylic acids is 1. The van der Waals surface area contributed by atoms with Gasteiger partial charge in [-0.05, 0) is 30.7 Å². The fourth-order valence-electron chi connectivity index (χ4n) is 3.79. The van der Waals surface area contributed by atoms with Crippen LogP contribution in [0.15, 0.2) is 24.3 Å². The molecule has 126 valence electrons.